The fourth-order valence-corrected chi connectivity index (χ4v) is 6.01. The maximum Gasteiger partial charge on any atom is 0.374 e. The van der Waals surface area contributed by atoms with Crippen LogP contribution in [0.2, 0.25) is 0 Å². The summed E-state index contributed by atoms with van der Waals surface area (Å²) in [5.41, 5.74) is -0.221. The number of esters is 1. The van der Waals surface area contributed by atoms with Crippen molar-refractivity contribution in [3.8, 4) is 0 Å². The van der Waals surface area contributed by atoms with E-state index in [0.29, 0.717) is 6.54 Å². The second-order valence-corrected chi connectivity index (χ2v) is 8.05. The molecule has 0 unspecified atom stereocenters. The van der Waals surface area contributed by atoms with Crippen molar-refractivity contribution in [2.45, 2.75) is 42.5 Å². The van der Waals surface area contributed by atoms with Gasteiger partial charge in [-0.15, -0.1) is 0 Å². The van der Waals surface area contributed by atoms with E-state index in [0.717, 1.165) is 32.1 Å². The van der Waals surface area contributed by atoms with Crippen LogP contribution in [0.3, 0.4) is 0 Å². The number of rotatable bonds is 3. The second-order valence-electron chi connectivity index (χ2n) is 5.50. The highest BCUT2D eigenvalue weighted by molar-refractivity contribution is 9.10. The number of halogens is 1. The maximum absolute atomic E-state index is 12.9. The van der Waals surface area contributed by atoms with Gasteiger partial charge in [0.15, 0.2) is 4.67 Å². The summed E-state index contributed by atoms with van der Waals surface area (Å²) in [7, 11) is -2.45. The molecule has 1 saturated carbocycles. The Labute approximate surface area is 131 Å². The number of sulfonamides is 1. The van der Waals surface area contributed by atoms with Gasteiger partial charge in [-0.05, 0) is 48.0 Å². The normalized spacial score (nSPS) is 21.4. The molecule has 1 aliphatic carbocycles. The summed E-state index contributed by atoms with van der Waals surface area (Å²) in [6.45, 7) is 0.521. The minimum absolute atomic E-state index is 0.00363. The number of methoxy groups -OCH3 is 1. The van der Waals surface area contributed by atoms with Gasteiger partial charge in [-0.25, -0.2) is 13.2 Å². The molecule has 1 aromatic rings. The number of ether oxygens (including phenoxy) is 1. The van der Waals surface area contributed by atoms with Crippen LogP contribution in [0.5, 0.6) is 0 Å². The number of nitrogens with zero attached hydrogens (tertiary/aromatic N) is 1. The first kappa shape index (κ1) is 15.1. The Morgan fingerprint density at radius 2 is 2.05 bits per heavy atom. The van der Waals surface area contributed by atoms with Gasteiger partial charge >= 0.3 is 5.97 Å². The van der Waals surface area contributed by atoms with Crippen molar-refractivity contribution in [1.29, 1.82) is 0 Å². The van der Waals surface area contributed by atoms with E-state index in [2.05, 4.69) is 20.7 Å². The largest absolute Gasteiger partial charge is 0.463 e. The van der Waals surface area contributed by atoms with E-state index < -0.39 is 16.0 Å². The third-order valence-electron chi connectivity index (χ3n) is 4.43. The molecule has 0 radical (unpaired) electrons. The molecule has 0 atom stereocenters. The van der Waals surface area contributed by atoms with Crippen molar-refractivity contribution in [1.82, 2.24) is 4.31 Å². The molecule has 1 aliphatic heterocycles. The van der Waals surface area contributed by atoms with Gasteiger partial charge in [-0.1, -0.05) is 0 Å². The average Bonchev–Trinajstić information content (AvgIpc) is 3.01. The van der Waals surface area contributed by atoms with Crippen LogP contribution >= 0.6 is 15.9 Å². The third kappa shape index (κ3) is 2.24. The van der Waals surface area contributed by atoms with Crippen molar-refractivity contribution in [3.63, 3.8) is 0 Å². The first-order valence-electron chi connectivity index (χ1n) is 6.81. The standard InChI is InChI=1S/C13H16BrNO5S/c1-19-12(16)9-8-10(11(14)20-9)21(17,18)15-7-3-6-13(15)4-2-5-13/h8H,2-7H2,1H3. The average molecular weight is 378 g/mol. The molecule has 2 aliphatic rings. The molecule has 0 N–H and O–H groups in total. The minimum atomic E-state index is -3.67. The summed E-state index contributed by atoms with van der Waals surface area (Å²) >= 11 is 3.09. The zero-order chi connectivity index (χ0) is 15.3. The first-order chi connectivity index (χ1) is 9.90. The van der Waals surface area contributed by atoms with Gasteiger partial charge < -0.3 is 9.15 Å². The molecule has 0 bridgehead atoms. The van der Waals surface area contributed by atoms with E-state index in [-0.39, 0.29) is 20.9 Å². The summed E-state index contributed by atoms with van der Waals surface area (Å²) < 4.78 is 37.1. The van der Waals surface area contributed by atoms with Crippen molar-refractivity contribution in [2.75, 3.05) is 13.7 Å². The molecule has 3 rings (SSSR count). The molecule has 2 heterocycles. The zero-order valence-corrected chi connectivity index (χ0v) is 14.0. The molecule has 0 aromatic carbocycles. The summed E-state index contributed by atoms with van der Waals surface area (Å²) in [4.78, 5) is 11.5. The van der Waals surface area contributed by atoms with Crippen LogP contribution in [-0.4, -0.2) is 37.9 Å². The molecule has 0 amide bonds. The van der Waals surface area contributed by atoms with E-state index in [9.17, 15) is 13.2 Å². The molecular formula is C13H16BrNO5S. The monoisotopic (exact) mass is 377 g/mol. The lowest BCUT2D eigenvalue weighted by Gasteiger charge is -2.44. The molecular weight excluding hydrogens is 362 g/mol. The van der Waals surface area contributed by atoms with E-state index in [1.807, 2.05) is 0 Å². The first-order valence-corrected chi connectivity index (χ1v) is 9.04. The Morgan fingerprint density at radius 3 is 2.62 bits per heavy atom. The molecule has 8 heteroatoms. The fourth-order valence-electron chi connectivity index (χ4n) is 3.22. The van der Waals surface area contributed by atoms with Crippen molar-refractivity contribution in [2.24, 2.45) is 0 Å². The molecule has 116 valence electrons. The molecule has 1 saturated heterocycles. The van der Waals surface area contributed by atoms with Crippen LogP contribution in [0.25, 0.3) is 0 Å². The lowest BCUT2D eigenvalue weighted by molar-refractivity contribution is 0.0563. The van der Waals surface area contributed by atoms with Gasteiger partial charge in [0.2, 0.25) is 15.8 Å². The Kier molecular flexibility index (Phi) is 3.66. The zero-order valence-electron chi connectivity index (χ0n) is 11.6. The SMILES string of the molecule is COC(=O)c1cc(S(=O)(=O)N2CCCC23CCC3)c(Br)o1. The highest BCUT2D eigenvalue weighted by Gasteiger charge is 2.51. The smallest absolute Gasteiger partial charge is 0.374 e. The van der Waals surface area contributed by atoms with E-state index in [4.69, 9.17) is 4.42 Å². The lowest BCUT2D eigenvalue weighted by Crippen LogP contribution is -2.51. The number of furan rings is 1. The summed E-state index contributed by atoms with van der Waals surface area (Å²) in [5.74, 6) is -0.818. The van der Waals surface area contributed by atoms with E-state index in [1.165, 1.54) is 13.2 Å². The molecule has 1 spiro atoms. The summed E-state index contributed by atoms with van der Waals surface area (Å²) in [5, 5.41) is 0. The van der Waals surface area contributed by atoms with Crippen molar-refractivity contribution >= 4 is 31.9 Å². The van der Waals surface area contributed by atoms with Gasteiger partial charge in [-0.3, -0.25) is 0 Å². The Morgan fingerprint density at radius 1 is 1.38 bits per heavy atom. The molecule has 2 fully saturated rings. The third-order valence-corrected chi connectivity index (χ3v) is 7.29. The Balaban J connectivity index is 1.99. The van der Waals surface area contributed by atoms with Crippen molar-refractivity contribution < 1.29 is 22.4 Å². The maximum atomic E-state index is 12.9. The van der Waals surface area contributed by atoms with Gasteiger partial charge in [0.1, 0.15) is 4.90 Å². The van der Waals surface area contributed by atoms with Gasteiger partial charge in [-0.2, -0.15) is 4.31 Å². The predicted molar refractivity (Wildman–Crippen MR) is 77.5 cm³/mol. The molecule has 1 aromatic heterocycles. The Bertz CT molecular complexity index is 677. The Hall–Kier alpha value is -0.860. The number of hydrogen-bond donors (Lipinski definition) is 0. The number of hydrogen-bond acceptors (Lipinski definition) is 5. The summed E-state index contributed by atoms with van der Waals surface area (Å²) in [6, 6.07) is 1.23. The van der Waals surface area contributed by atoms with E-state index in [1.54, 1.807) is 4.31 Å². The highest BCUT2D eigenvalue weighted by atomic mass is 79.9. The predicted octanol–water partition coefficient (Wildman–Crippen LogP) is 2.54. The lowest BCUT2D eigenvalue weighted by atomic mass is 9.76. The van der Waals surface area contributed by atoms with Gasteiger partial charge in [0, 0.05) is 18.2 Å². The van der Waals surface area contributed by atoms with Crippen LogP contribution in [0.4, 0.5) is 0 Å². The van der Waals surface area contributed by atoms with Crippen LogP contribution in [-0.2, 0) is 14.8 Å². The quantitative estimate of drug-likeness (QED) is 0.756. The highest BCUT2D eigenvalue weighted by Crippen LogP contribution is 2.48. The van der Waals surface area contributed by atoms with Crippen LogP contribution < -0.4 is 0 Å². The molecule has 6 nitrogen and oxygen atoms in total. The van der Waals surface area contributed by atoms with Gasteiger partial charge in [0.05, 0.1) is 7.11 Å². The van der Waals surface area contributed by atoms with Crippen molar-refractivity contribution in [3.05, 3.63) is 16.5 Å². The van der Waals surface area contributed by atoms with E-state index >= 15 is 0 Å². The van der Waals surface area contributed by atoms with Crippen LogP contribution in [0, 0.1) is 0 Å². The summed E-state index contributed by atoms with van der Waals surface area (Å²) in [6.07, 6.45) is 4.66. The topological polar surface area (TPSA) is 76.8 Å². The fraction of sp³-hybridized carbons (Fsp3) is 0.615. The molecule has 21 heavy (non-hydrogen) atoms. The number of carbonyl (C=O) groups is 1. The van der Waals surface area contributed by atoms with Gasteiger partial charge in [0.25, 0.3) is 0 Å². The minimum Gasteiger partial charge on any atom is -0.463 e. The van der Waals surface area contributed by atoms with Crippen LogP contribution in [0.15, 0.2) is 20.0 Å². The second kappa shape index (κ2) is 5.10. The number of carbonyl (C=O) groups excluding carboxylic acids is 1. The van der Waals surface area contributed by atoms with Crippen LogP contribution in [0.1, 0.15) is 42.7 Å².